The van der Waals surface area contributed by atoms with E-state index in [-0.39, 0.29) is 12.3 Å². The zero-order valence-electron chi connectivity index (χ0n) is 19.1. The number of hydrogen-bond donors (Lipinski definition) is 1. The number of nitrogens with one attached hydrogen (secondary N) is 1. The second-order valence-corrected chi connectivity index (χ2v) is 8.52. The Morgan fingerprint density at radius 2 is 1.94 bits per heavy atom. The predicted molar refractivity (Wildman–Crippen MR) is 130 cm³/mol. The van der Waals surface area contributed by atoms with E-state index in [1.807, 2.05) is 54.0 Å². The first-order valence-electron chi connectivity index (χ1n) is 11.2. The number of aliphatic imine (C=N–C) groups is 1. The van der Waals surface area contributed by atoms with Gasteiger partial charge in [0.05, 0.1) is 24.9 Å². The Kier molecular flexibility index (Phi) is 7.08. The van der Waals surface area contributed by atoms with Crippen LogP contribution in [0.25, 0.3) is 5.69 Å². The van der Waals surface area contributed by atoms with Gasteiger partial charge in [0.25, 0.3) is 0 Å². The molecule has 0 saturated heterocycles. The molecule has 0 fully saturated rings. The fourth-order valence-electron chi connectivity index (χ4n) is 4.03. The highest BCUT2D eigenvalue weighted by molar-refractivity contribution is 6.30. The first-order valence-corrected chi connectivity index (χ1v) is 11.6. The quantitative estimate of drug-likeness (QED) is 0.483. The zero-order valence-corrected chi connectivity index (χ0v) is 19.9. The maximum absolute atomic E-state index is 12.8. The molecule has 1 aromatic heterocycles. The number of amides is 1. The summed E-state index contributed by atoms with van der Waals surface area (Å²) in [5.41, 5.74) is 3.44. The Morgan fingerprint density at radius 1 is 1.15 bits per heavy atom. The summed E-state index contributed by atoms with van der Waals surface area (Å²) < 4.78 is 7.48. The van der Waals surface area contributed by atoms with Gasteiger partial charge in [-0.3, -0.25) is 14.4 Å². The third kappa shape index (κ3) is 4.93. The van der Waals surface area contributed by atoms with Gasteiger partial charge in [-0.15, -0.1) is 10.2 Å². The fraction of sp³-hybridized carbons (Fsp3) is 0.360. The first kappa shape index (κ1) is 23.0. The maximum Gasteiger partial charge on any atom is 0.222 e. The molecule has 0 saturated carbocycles. The van der Waals surface area contributed by atoms with Gasteiger partial charge < -0.3 is 10.1 Å². The number of aryl methyl sites for hydroxylation is 1. The molecule has 3 aromatic rings. The summed E-state index contributed by atoms with van der Waals surface area (Å²) in [7, 11) is 1.64. The van der Waals surface area contributed by atoms with Crippen molar-refractivity contribution in [2.75, 3.05) is 13.7 Å². The van der Waals surface area contributed by atoms with Crippen molar-refractivity contribution in [2.45, 2.75) is 45.6 Å². The number of ether oxygens (including phenoxy) is 1. The fourth-order valence-corrected chi connectivity index (χ4v) is 4.15. The Morgan fingerprint density at radius 3 is 2.67 bits per heavy atom. The van der Waals surface area contributed by atoms with E-state index in [2.05, 4.69) is 22.4 Å². The van der Waals surface area contributed by atoms with Gasteiger partial charge in [0.15, 0.2) is 5.82 Å². The molecule has 7 nitrogen and oxygen atoms in total. The molecule has 8 heteroatoms. The first-order chi connectivity index (χ1) is 16.0. The molecule has 0 bridgehead atoms. The number of aromatic nitrogens is 3. The van der Waals surface area contributed by atoms with Crippen LogP contribution in [0, 0.1) is 6.92 Å². The van der Waals surface area contributed by atoms with Crippen LogP contribution in [0.1, 0.15) is 61.4 Å². The number of halogens is 1. The lowest BCUT2D eigenvalue weighted by Gasteiger charge is -2.14. The van der Waals surface area contributed by atoms with E-state index in [0.717, 1.165) is 53.4 Å². The minimum Gasteiger partial charge on any atom is -0.497 e. The van der Waals surface area contributed by atoms with Crippen LogP contribution in [-0.2, 0) is 4.79 Å². The largest absolute Gasteiger partial charge is 0.497 e. The van der Waals surface area contributed by atoms with Crippen molar-refractivity contribution in [3.63, 3.8) is 0 Å². The lowest BCUT2D eigenvalue weighted by molar-refractivity contribution is -0.121. The van der Waals surface area contributed by atoms with E-state index in [9.17, 15) is 4.79 Å². The molecule has 1 aliphatic rings. The molecule has 33 heavy (non-hydrogen) atoms. The van der Waals surface area contributed by atoms with Gasteiger partial charge in [-0.25, -0.2) is 0 Å². The SMILES string of the molecule is CCCCCNC(=O)C[C@@H]1N=C(c2ccc(Cl)cc2)c2cc(OC)ccc2-n2c(C)nnc21. The molecular formula is C25H28ClN5O2. The molecule has 1 aliphatic heterocycles. The third-order valence-electron chi connectivity index (χ3n) is 5.73. The van der Waals surface area contributed by atoms with Crippen molar-refractivity contribution in [1.82, 2.24) is 20.1 Å². The molecule has 172 valence electrons. The topological polar surface area (TPSA) is 81.4 Å². The van der Waals surface area contributed by atoms with Crippen LogP contribution < -0.4 is 10.1 Å². The number of carbonyl (C=O) groups is 1. The number of benzene rings is 2. The van der Waals surface area contributed by atoms with Gasteiger partial charge in [-0.1, -0.05) is 43.5 Å². The second-order valence-electron chi connectivity index (χ2n) is 8.09. The molecule has 1 atom stereocenters. The van der Waals surface area contributed by atoms with Crippen molar-refractivity contribution in [3.05, 3.63) is 70.3 Å². The Hall–Kier alpha value is -3.19. The minimum atomic E-state index is -0.485. The highest BCUT2D eigenvalue weighted by atomic mass is 35.5. The zero-order chi connectivity index (χ0) is 23.4. The molecule has 2 heterocycles. The van der Waals surface area contributed by atoms with Crippen LogP contribution >= 0.6 is 11.6 Å². The summed E-state index contributed by atoms with van der Waals surface area (Å²) in [6.07, 6.45) is 3.35. The average Bonchev–Trinajstić information content (AvgIpc) is 3.14. The average molecular weight is 466 g/mol. The molecule has 1 amide bonds. The third-order valence-corrected chi connectivity index (χ3v) is 5.98. The van der Waals surface area contributed by atoms with Crippen molar-refractivity contribution >= 4 is 23.2 Å². The van der Waals surface area contributed by atoms with Crippen LogP contribution in [0.15, 0.2) is 47.5 Å². The van der Waals surface area contributed by atoms with E-state index < -0.39 is 6.04 Å². The normalized spacial score (nSPS) is 14.7. The van der Waals surface area contributed by atoms with Crippen molar-refractivity contribution < 1.29 is 9.53 Å². The number of nitrogens with zero attached hydrogens (tertiary/aromatic N) is 4. The molecule has 0 spiro atoms. The molecule has 2 aromatic carbocycles. The number of rotatable bonds is 8. The number of carbonyl (C=O) groups excluding carboxylic acids is 1. The summed E-state index contributed by atoms with van der Waals surface area (Å²) in [6.45, 7) is 4.71. The van der Waals surface area contributed by atoms with Crippen molar-refractivity contribution in [1.29, 1.82) is 0 Å². The van der Waals surface area contributed by atoms with Crippen LogP contribution in [0.2, 0.25) is 5.02 Å². The van der Waals surface area contributed by atoms with Crippen LogP contribution in [0.3, 0.4) is 0 Å². The van der Waals surface area contributed by atoms with E-state index in [1.54, 1.807) is 7.11 Å². The molecule has 0 aliphatic carbocycles. The molecule has 4 rings (SSSR count). The summed E-state index contributed by atoms with van der Waals surface area (Å²) in [4.78, 5) is 17.9. The van der Waals surface area contributed by atoms with E-state index in [4.69, 9.17) is 21.3 Å². The predicted octanol–water partition coefficient (Wildman–Crippen LogP) is 4.83. The van der Waals surface area contributed by atoms with Gasteiger partial charge in [-0.2, -0.15) is 0 Å². The smallest absolute Gasteiger partial charge is 0.222 e. The van der Waals surface area contributed by atoms with Gasteiger partial charge in [-0.05, 0) is 43.7 Å². The van der Waals surface area contributed by atoms with Crippen molar-refractivity contribution in [3.8, 4) is 11.4 Å². The summed E-state index contributed by atoms with van der Waals surface area (Å²) in [5, 5.41) is 12.4. The lowest BCUT2D eigenvalue weighted by Crippen LogP contribution is -2.26. The Balaban J connectivity index is 1.80. The monoisotopic (exact) mass is 465 g/mol. The Labute approximate surface area is 198 Å². The molecule has 0 radical (unpaired) electrons. The lowest BCUT2D eigenvalue weighted by atomic mass is 10.00. The van der Waals surface area contributed by atoms with E-state index in [1.165, 1.54) is 0 Å². The van der Waals surface area contributed by atoms with Crippen LogP contribution in [-0.4, -0.2) is 40.0 Å². The van der Waals surface area contributed by atoms with Crippen LogP contribution in [0.5, 0.6) is 5.75 Å². The molecule has 0 unspecified atom stereocenters. The van der Waals surface area contributed by atoms with Gasteiger partial charge in [0.1, 0.15) is 17.6 Å². The number of fused-ring (bicyclic) bond motifs is 3. The standard InChI is InChI=1S/C25H28ClN5O2/c1-4-5-6-13-27-23(32)15-21-25-30-29-16(2)31(25)22-12-11-19(33-3)14-20(22)24(28-21)17-7-9-18(26)10-8-17/h7-12,14,21H,4-6,13,15H2,1-3H3,(H,27,32)/t21-/m0/s1. The summed E-state index contributed by atoms with van der Waals surface area (Å²) >= 11 is 6.14. The number of methoxy groups -OCH3 is 1. The summed E-state index contributed by atoms with van der Waals surface area (Å²) in [6, 6.07) is 12.9. The Bertz CT molecular complexity index is 1170. The van der Waals surface area contributed by atoms with Gasteiger partial charge in [0, 0.05) is 22.7 Å². The van der Waals surface area contributed by atoms with Gasteiger partial charge in [0.2, 0.25) is 5.91 Å². The molecular weight excluding hydrogens is 438 g/mol. The van der Waals surface area contributed by atoms with E-state index in [0.29, 0.717) is 17.4 Å². The minimum absolute atomic E-state index is 0.0500. The van der Waals surface area contributed by atoms with Crippen LogP contribution in [0.4, 0.5) is 0 Å². The summed E-state index contributed by atoms with van der Waals surface area (Å²) in [5.74, 6) is 2.05. The van der Waals surface area contributed by atoms with E-state index >= 15 is 0 Å². The number of hydrogen-bond acceptors (Lipinski definition) is 5. The van der Waals surface area contributed by atoms with Crippen molar-refractivity contribution in [2.24, 2.45) is 4.99 Å². The second kappa shape index (κ2) is 10.2. The maximum atomic E-state index is 12.8. The molecule has 1 N–H and O–H groups in total. The highest BCUT2D eigenvalue weighted by Gasteiger charge is 2.30. The highest BCUT2D eigenvalue weighted by Crippen LogP contribution is 2.34. The number of unbranched alkanes of at least 4 members (excludes halogenated alkanes) is 2. The van der Waals surface area contributed by atoms with Gasteiger partial charge >= 0.3 is 0 Å².